The van der Waals surface area contributed by atoms with Crippen molar-refractivity contribution in [2.24, 2.45) is 0 Å². The van der Waals surface area contributed by atoms with Gasteiger partial charge >= 0.3 is 0 Å². The van der Waals surface area contributed by atoms with Crippen LogP contribution in [-0.2, 0) is 0 Å². The Labute approximate surface area is 97.3 Å². The maximum atomic E-state index is 9.64. The summed E-state index contributed by atoms with van der Waals surface area (Å²) in [6.07, 6.45) is 9.03. The number of rotatable bonds is 2. The molecule has 1 N–H and O–H groups in total. The highest BCUT2D eigenvalue weighted by atomic mass is 16.5. The fourth-order valence-corrected chi connectivity index (χ4v) is 2.27. The van der Waals surface area contributed by atoms with Crippen LogP contribution in [0.4, 0.5) is 0 Å². The average molecular weight is 220 g/mol. The average Bonchev–Trinajstić information content (AvgIpc) is 2.24. The minimum atomic E-state index is 0.254. The Balaban J connectivity index is 1.94. The van der Waals surface area contributed by atoms with E-state index in [-0.39, 0.29) is 11.9 Å². The van der Waals surface area contributed by atoms with Gasteiger partial charge < -0.3 is 9.84 Å². The number of phenolic OH excluding ortho intramolecular Hbond substituents is 1. The third kappa shape index (κ3) is 3.16. The van der Waals surface area contributed by atoms with E-state index in [1.807, 2.05) is 18.2 Å². The van der Waals surface area contributed by atoms with Gasteiger partial charge in [-0.25, -0.2) is 0 Å². The largest absolute Gasteiger partial charge is 0.504 e. The van der Waals surface area contributed by atoms with Gasteiger partial charge in [-0.05, 0) is 37.8 Å². The monoisotopic (exact) mass is 220 g/mol. The molecule has 1 aliphatic rings. The Bertz CT molecular complexity index is 314. The van der Waals surface area contributed by atoms with Gasteiger partial charge in [-0.15, -0.1) is 0 Å². The van der Waals surface area contributed by atoms with E-state index in [2.05, 4.69) is 0 Å². The Kier molecular flexibility index (Phi) is 4.09. The molecule has 0 atom stereocenters. The normalized spacial score (nSPS) is 18.8. The zero-order chi connectivity index (χ0) is 11.2. The van der Waals surface area contributed by atoms with Crippen molar-refractivity contribution in [3.05, 3.63) is 24.3 Å². The molecule has 2 rings (SSSR count). The van der Waals surface area contributed by atoms with Crippen LogP contribution < -0.4 is 4.74 Å². The van der Waals surface area contributed by atoms with Crippen LogP contribution in [0, 0.1) is 0 Å². The maximum absolute atomic E-state index is 9.64. The first-order valence-corrected chi connectivity index (χ1v) is 6.31. The maximum Gasteiger partial charge on any atom is 0.161 e. The van der Waals surface area contributed by atoms with Gasteiger partial charge in [-0.3, -0.25) is 0 Å². The molecular formula is C14H20O2. The highest BCUT2D eigenvalue weighted by Crippen LogP contribution is 2.28. The van der Waals surface area contributed by atoms with E-state index in [1.165, 1.54) is 32.1 Å². The molecule has 1 saturated carbocycles. The molecule has 2 heteroatoms. The molecule has 0 heterocycles. The summed E-state index contributed by atoms with van der Waals surface area (Å²) in [5.41, 5.74) is 0. The summed E-state index contributed by atoms with van der Waals surface area (Å²) in [6, 6.07) is 7.24. The summed E-state index contributed by atoms with van der Waals surface area (Å²) in [4.78, 5) is 0. The Morgan fingerprint density at radius 3 is 2.25 bits per heavy atom. The molecule has 16 heavy (non-hydrogen) atoms. The molecular weight excluding hydrogens is 200 g/mol. The number of hydrogen-bond donors (Lipinski definition) is 1. The summed E-state index contributed by atoms with van der Waals surface area (Å²) in [5, 5.41) is 9.64. The second-order valence-corrected chi connectivity index (χ2v) is 4.55. The first-order valence-electron chi connectivity index (χ1n) is 6.31. The first-order chi connectivity index (χ1) is 7.86. The van der Waals surface area contributed by atoms with E-state index >= 15 is 0 Å². The van der Waals surface area contributed by atoms with E-state index in [9.17, 15) is 5.11 Å². The number of hydrogen-bond acceptors (Lipinski definition) is 2. The predicted molar refractivity (Wildman–Crippen MR) is 64.8 cm³/mol. The quantitative estimate of drug-likeness (QED) is 0.819. The van der Waals surface area contributed by atoms with E-state index < -0.39 is 0 Å². The number of benzene rings is 1. The van der Waals surface area contributed by atoms with Gasteiger partial charge in [0, 0.05) is 0 Å². The minimum Gasteiger partial charge on any atom is -0.504 e. The van der Waals surface area contributed by atoms with Crippen molar-refractivity contribution in [1.82, 2.24) is 0 Å². The molecule has 0 amide bonds. The fourth-order valence-electron chi connectivity index (χ4n) is 2.27. The summed E-state index contributed by atoms with van der Waals surface area (Å²) < 4.78 is 5.87. The lowest BCUT2D eigenvalue weighted by Gasteiger charge is -2.21. The zero-order valence-electron chi connectivity index (χ0n) is 9.69. The molecule has 88 valence electrons. The van der Waals surface area contributed by atoms with Crippen LogP contribution in [0.5, 0.6) is 11.5 Å². The van der Waals surface area contributed by atoms with Crippen LogP contribution in [0.25, 0.3) is 0 Å². The Morgan fingerprint density at radius 2 is 1.56 bits per heavy atom. The molecule has 0 spiro atoms. The summed E-state index contributed by atoms with van der Waals surface area (Å²) in [7, 11) is 0. The summed E-state index contributed by atoms with van der Waals surface area (Å²) in [5.74, 6) is 0.887. The molecule has 1 fully saturated rings. The number of phenols is 1. The summed E-state index contributed by atoms with van der Waals surface area (Å²) >= 11 is 0. The van der Waals surface area contributed by atoms with Crippen molar-refractivity contribution in [1.29, 1.82) is 0 Å². The highest BCUT2D eigenvalue weighted by Gasteiger charge is 2.14. The van der Waals surface area contributed by atoms with E-state index in [0.717, 1.165) is 12.8 Å². The van der Waals surface area contributed by atoms with E-state index in [0.29, 0.717) is 5.75 Å². The van der Waals surface area contributed by atoms with Crippen molar-refractivity contribution in [3.8, 4) is 11.5 Å². The van der Waals surface area contributed by atoms with Gasteiger partial charge in [-0.1, -0.05) is 31.4 Å². The van der Waals surface area contributed by atoms with Crippen molar-refractivity contribution in [3.63, 3.8) is 0 Å². The van der Waals surface area contributed by atoms with Crippen LogP contribution in [0.3, 0.4) is 0 Å². The van der Waals surface area contributed by atoms with Gasteiger partial charge in [-0.2, -0.15) is 0 Å². The smallest absolute Gasteiger partial charge is 0.161 e. The van der Waals surface area contributed by atoms with Gasteiger partial charge in [0.1, 0.15) is 0 Å². The third-order valence-electron chi connectivity index (χ3n) is 3.21. The molecule has 2 nitrogen and oxygen atoms in total. The second kappa shape index (κ2) is 5.78. The van der Waals surface area contributed by atoms with Gasteiger partial charge in [0.15, 0.2) is 11.5 Å². The lowest BCUT2D eigenvalue weighted by Crippen LogP contribution is -2.17. The number of para-hydroxylation sites is 2. The van der Waals surface area contributed by atoms with Crippen LogP contribution in [-0.4, -0.2) is 11.2 Å². The van der Waals surface area contributed by atoms with Gasteiger partial charge in [0.25, 0.3) is 0 Å². The van der Waals surface area contributed by atoms with E-state index in [4.69, 9.17) is 4.74 Å². The highest BCUT2D eigenvalue weighted by molar-refractivity contribution is 5.38. The SMILES string of the molecule is Oc1ccccc1OC1CCCCCCC1. The van der Waals surface area contributed by atoms with Crippen molar-refractivity contribution >= 4 is 0 Å². The lowest BCUT2D eigenvalue weighted by atomic mass is 9.98. The molecule has 0 aliphatic heterocycles. The van der Waals surface area contributed by atoms with Gasteiger partial charge in [0.2, 0.25) is 0 Å². The zero-order valence-corrected chi connectivity index (χ0v) is 9.69. The van der Waals surface area contributed by atoms with Crippen LogP contribution in [0.15, 0.2) is 24.3 Å². The second-order valence-electron chi connectivity index (χ2n) is 4.55. The molecule has 0 radical (unpaired) electrons. The topological polar surface area (TPSA) is 29.5 Å². The Morgan fingerprint density at radius 1 is 0.938 bits per heavy atom. The Hall–Kier alpha value is -1.18. The van der Waals surface area contributed by atoms with Crippen LogP contribution in [0.2, 0.25) is 0 Å². The van der Waals surface area contributed by atoms with Crippen LogP contribution >= 0.6 is 0 Å². The van der Waals surface area contributed by atoms with Crippen molar-refractivity contribution in [2.75, 3.05) is 0 Å². The summed E-state index contributed by atoms with van der Waals surface area (Å²) in [6.45, 7) is 0. The molecule has 0 aromatic heterocycles. The van der Waals surface area contributed by atoms with E-state index in [1.54, 1.807) is 6.07 Å². The first kappa shape index (κ1) is 11.3. The van der Waals surface area contributed by atoms with Crippen molar-refractivity contribution < 1.29 is 9.84 Å². The minimum absolute atomic E-state index is 0.254. The predicted octanol–water partition coefficient (Wildman–Crippen LogP) is 3.88. The standard InChI is InChI=1S/C14H20O2/c15-13-10-6-7-11-14(13)16-12-8-4-2-1-3-5-9-12/h6-7,10-12,15H,1-5,8-9H2. The lowest BCUT2D eigenvalue weighted by molar-refractivity contribution is 0.161. The molecule has 1 aliphatic carbocycles. The molecule has 1 aromatic rings. The number of aromatic hydroxyl groups is 1. The molecule has 0 unspecified atom stereocenters. The third-order valence-corrected chi connectivity index (χ3v) is 3.21. The number of ether oxygens (including phenoxy) is 1. The fraction of sp³-hybridized carbons (Fsp3) is 0.571. The molecule has 1 aromatic carbocycles. The van der Waals surface area contributed by atoms with Crippen LogP contribution in [0.1, 0.15) is 44.9 Å². The van der Waals surface area contributed by atoms with Crippen molar-refractivity contribution in [2.45, 2.75) is 51.0 Å². The molecule has 0 saturated heterocycles. The molecule has 0 bridgehead atoms. The van der Waals surface area contributed by atoms with Gasteiger partial charge in [0.05, 0.1) is 6.10 Å².